The summed E-state index contributed by atoms with van der Waals surface area (Å²) in [7, 11) is 2.54. The monoisotopic (exact) mass is 632 g/mol. The topological polar surface area (TPSA) is 132 Å². The van der Waals surface area contributed by atoms with E-state index >= 15 is 0 Å². The second kappa shape index (κ2) is 14.7. The van der Waals surface area contributed by atoms with Crippen molar-refractivity contribution in [2.24, 2.45) is 0 Å². The van der Waals surface area contributed by atoms with E-state index in [1.54, 1.807) is 45.0 Å². The summed E-state index contributed by atoms with van der Waals surface area (Å²) in [5, 5.41) is 2.11. The zero-order valence-corrected chi connectivity index (χ0v) is 25.7. The van der Waals surface area contributed by atoms with E-state index in [0.717, 1.165) is 9.95 Å². The largest absolute Gasteiger partial charge is 0.466 e. The van der Waals surface area contributed by atoms with E-state index in [4.69, 9.17) is 37.4 Å². The summed E-state index contributed by atoms with van der Waals surface area (Å²) in [5.74, 6) is -0.786. The van der Waals surface area contributed by atoms with Crippen LogP contribution in [0.2, 0.25) is 10.0 Å². The number of esters is 2. The molecule has 0 N–H and O–H groups in total. The van der Waals surface area contributed by atoms with E-state index in [0.29, 0.717) is 56.2 Å². The van der Waals surface area contributed by atoms with Gasteiger partial charge in [-0.25, -0.2) is 18.7 Å². The van der Waals surface area contributed by atoms with Gasteiger partial charge in [0.2, 0.25) is 0 Å². The lowest BCUT2D eigenvalue weighted by Crippen LogP contribution is -2.14. The Morgan fingerprint density at radius 1 is 0.744 bits per heavy atom. The molecule has 43 heavy (non-hydrogen) atoms. The summed E-state index contributed by atoms with van der Waals surface area (Å²) >= 11 is 12.3. The molecular formula is C30H30Cl2N2O9. The number of methoxy groups -OCH3 is 2. The van der Waals surface area contributed by atoms with Gasteiger partial charge in [-0.15, -0.1) is 0 Å². The molecule has 0 aliphatic rings. The lowest BCUT2D eigenvalue weighted by molar-refractivity contribution is -0.143. The van der Waals surface area contributed by atoms with Gasteiger partial charge >= 0.3 is 24.1 Å². The molecule has 11 nitrogen and oxygen atoms in total. The molecule has 0 aliphatic heterocycles. The van der Waals surface area contributed by atoms with Crippen LogP contribution < -0.4 is 0 Å². The second-order valence-corrected chi connectivity index (χ2v) is 9.78. The van der Waals surface area contributed by atoms with E-state index in [-0.39, 0.29) is 31.1 Å². The summed E-state index contributed by atoms with van der Waals surface area (Å²) in [5.41, 5.74) is 3.08. The van der Waals surface area contributed by atoms with E-state index in [9.17, 15) is 24.0 Å². The van der Waals surface area contributed by atoms with Crippen LogP contribution in [0.15, 0.2) is 36.4 Å². The molecule has 0 saturated heterocycles. The van der Waals surface area contributed by atoms with E-state index in [1.807, 2.05) is 6.07 Å². The number of benzene rings is 2. The molecule has 13 heteroatoms. The molecule has 2 aromatic carbocycles. The number of hydrogen-bond donors (Lipinski definition) is 0. The normalized spacial score (nSPS) is 10.6. The van der Waals surface area contributed by atoms with E-state index < -0.39 is 18.2 Å². The van der Waals surface area contributed by atoms with Crippen molar-refractivity contribution in [3.8, 4) is 0 Å². The van der Waals surface area contributed by atoms with Crippen LogP contribution in [-0.4, -0.2) is 67.0 Å². The van der Waals surface area contributed by atoms with Crippen molar-refractivity contribution < 1.29 is 42.9 Å². The minimum Gasteiger partial charge on any atom is -0.466 e. The molecule has 0 atom stereocenters. The highest BCUT2D eigenvalue weighted by atomic mass is 35.5. The van der Waals surface area contributed by atoms with Crippen molar-refractivity contribution in [3.05, 3.63) is 69.0 Å². The molecule has 0 unspecified atom stereocenters. The smallest absolute Gasteiger partial charge is 0.418 e. The fourth-order valence-electron chi connectivity index (χ4n) is 4.57. The first-order valence-electron chi connectivity index (χ1n) is 13.1. The predicted octanol–water partition coefficient (Wildman–Crippen LogP) is 6.15. The third-order valence-corrected chi connectivity index (χ3v) is 7.09. The maximum absolute atomic E-state index is 11.8. The number of hydrogen-bond acceptors (Lipinski definition) is 9. The Bertz CT molecular complexity index is 1710. The van der Waals surface area contributed by atoms with Gasteiger partial charge in [-0.05, 0) is 68.3 Å². The first kappa shape index (κ1) is 33.2. The van der Waals surface area contributed by atoms with Crippen LogP contribution in [0.5, 0.6) is 0 Å². The quantitative estimate of drug-likeness (QED) is 0.134. The summed E-state index contributed by atoms with van der Waals surface area (Å²) in [6.07, 6.45) is -0.616. The molecule has 228 valence electrons. The first-order chi connectivity index (χ1) is 20.5. The standard InChI is InChI=1S/C15H14ClNO5.C15H16ClNO4/c1-3-22-14(19)7-10-11-6-9(8-18)17(15(20)21-2)13(11)5-4-12(10)16;1-4-21-14(18)8-10-11-7-9(2)17(15(19)20-3)13(11)6-5-12(10)16/h4-6,8H,3,7H2,1-2H3;5-7H,4,8H2,1-3H3. The fraction of sp³-hybridized carbons (Fsp3) is 0.300. The number of fused-ring (bicyclic) bond motifs is 2. The maximum Gasteiger partial charge on any atom is 0.418 e. The number of rotatable bonds is 7. The van der Waals surface area contributed by atoms with Gasteiger partial charge in [-0.2, -0.15) is 0 Å². The molecule has 4 rings (SSSR count). The Morgan fingerprint density at radius 3 is 1.63 bits per heavy atom. The number of aryl methyl sites for hydroxylation is 1. The molecular weight excluding hydrogens is 603 g/mol. The van der Waals surface area contributed by atoms with Gasteiger partial charge in [0.1, 0.15) is 0 Å². The molecule has 0 saturated carbocycles. The Labute approximate surface area is 257 Å². The van der Waals surface area contributed by atoms with Crippen LogP contribution in [0.3, 0.4) is 0 Å². The van der Waals surface area contributed by atoms with Crippen molar-refractivity contribution in [2.75, 3.05) is 27.4 Å². The average molecular weight is 633 g/mol. The first-order valence-corrected chi connectivity index (χ1v) is 13.8. The molecule has 0 radical (unpaired) electrons. The number of aldehydes is 1. The molecule has 2 heterocycles. The molecule has 0 amide bonds. The third-order valence-electron chi connectivity index (χ3n) is 6.38. The highest BCUT2D eigenvalue weighted by Gasteiger charge is 2.21. The molecule has 0 spiro atoms. The van der Waals surface area contributed by atoms with Crippen molar-refractivity contribution in [1.29, 1.82) is 0 Å². The van der Waals surface area contributed by atoms with Gasteiger partial charge in [0.25, 0.3) is 0 Å². The van der Waals surface area contributed by atoms with Gasteiger partial charge < -0.3 is 18.9 Å². The Balaban J connectivity index is 0.000000236. The molecule has 4 aromatic rings. The van der Waals surface area contributed by atoms with Gasteiger partial charge in [0.15, 0.2) is 6.29 Å². The van der Waals surface area contributed by atoms with E-state index in [2.05, 4.69) is 4.74 Å². The Hall–Kier alpha value is -4.35. The minimum absolute atomic E-state index is 0.0481. The van der Waals surface area contributed by atoms with Crippen LogP contribution >= 0.6 is 23.2 Å². The number of carbonyl (C=O) groups excluding carboxylic acids is 5. The highest BCUT2D eigenvalue weighted by molar-refractivity contribution is 6.33. The second-order valence-electron chi connectivity index (χ2n) is 8.96. The number of carbonyl (C=O) groups is 5. The highest BCUT2D eigenvalue weighted by Crippen LogP contribution is 2.31. The summed E-state index contributed by atoms with van der Waals surface area (Å²) < 4.78 is 21.9. The molecule has 2 aromatic heterocycles. The lowest BCUT2D eigenvalue weighted by atomic mass is 10.1. The summed E-state index contributed by atoms with van der Waals surface area (Å²) in [6.45, 7) is 5.82. The SMILES string of the molecule is CCOC(=O)Cc1c(Cl)ccc2c1cc(C)n2C(=O)OC.CCOC(=O)Cc1c(Cl)ccc2c1cc(C=O)n2C(=O)OC. The summed E-state index contributed by atoms with van der Waals surface area (Å²) in [4.78, 5) is 58.3. The van der Waals surface area contributed by atoms with Crippen LogP contribution in [-0.2, 0) is 41.4 Å². The van der Waals surface area contributed by atoms with Crippen LogP contribution in [0, 0.1) is 6.92 Å². The number of halogens is 2. The maximum atomic E-state index is 11.8. The van der Waals surface area contributed by atoms with Crippen LogP contribution in [0.25, 0.3) is 21.8 Å². The average Bonchev–Trinajstić information content (AvgIpc) is 3.53. The third kappa shape index (κ3) is 7.18. The number of ether oxygens (including phenoxy) is 4. The summed E-state index contributed by atoms with van der Waals surface area (Å²) in [6, 6.07) is 9.86. The Kier molecular flexibility index (Phi) is 11.3. The van der Waals surface area contributed by atoms with Crippen LogP contribution in [0.1, 0.15) is 41.2 Å². The number of nitrogens with zero attached hydrogens (tertiary/aromatic N) is 2. The van der Waals surface area contributed by atoms with Crippen LogP contribution in [0.4, 0.5) is 9.59 Å². The van der Waals surface area contributed by atoms with Crippen molar-refractivity contribution in [3.63, 3.8) is 0 Å². The molecule has 0 bridgehead atoms. The van der Waals surface area contributed by atoms with Gasteiger partial charge in [0.05, 0.1) is 57.0 Å². The van der Waals surface area contributed by atoms with Gasteiger partial charge in [0, 0.05) is 26.5 Å². The fourth-order valence-corrected chi connectivity index (χ4v) is 5.03. The number of aromatic nitrogens is 2. The Morgan fingerprint density at radius 2 is 1.19 bits per heavy atom. The zero-order valence-electron chi connectivity index (χ0n) is 24.2. The van der Waals surface area contributed by atoms with Crippen molar-refractivity contribution >= 4 is 75.4 Å². The van der Waals surface area contributed by atoms with Gasteiger partial charge in [-0.3, -0.25) is 14.4 Å². The predicted molar refractivity (Wildman–Crippen MR) is 160 cm³/mol. The molecule has 0 fully saturated rings. The van der Waals surface area contributed by atoms with Crippen molar-refractivity contribution in [1.82, 2.24) is 9.13 Å². The van der Waals surface area contributed by atoms with E-state index in [1.165, 1.54) is 24.9 Å². The minimum atomic E-state index is -0.693. The van der Waals surface area contributed by atoms with Crippen molar-refractivity contribution in [2.45, 2.75) is 33.6 Å². The molecule has 0 aliphatic carbocycles. The lowest BCUT2D eigenvalue weighted by Gasteiger charge is -2.08. The van der Waals surface area contributed by atoms with Gasteiger partial charge in [-0.1, -0.05) is 23.2 Å². The zero-order chi connectivity index (χ0) is 31.8.